The van der Waals surface area contributed by atoms with Gasteiger partial charge in [0.1, 0.15) is 0 Å². The quantitative estimate of drug-likeness (QED) is 0.143. The van der Waals surface area contributed by atoms with Gasteiger partial charge in [0.15, 0.2) is 18.1 Å². The van der Waals surface area contributed by atoms with E-state index in [9.17, 15) is 8.42 Å². The van der Waals surface area contributed by atoms with Crippen LogP contribution in [0.5, 0.6) is 0 Å². The third-order valence-corrected chi connectivity index (χ3v) is 2.39. The zero-order chi connectivity index (χ0) is 14.9. The first-order chi connectivity index (χ1) is 8.70. The highest BCUT2D eigenvalue weighted by molar-refractivity contribution is 7.80. The molecule has 0 amide bonds. The molecule has 19 heavy (non-hydrogen) atoms. The number of aliphatic imine (C=N–C) groups is 2. The van der Waals surface area contributed by atoms with Crippen LogP contribution in [0, 0.1) is 0 Å². The van der Waals surface area contributed by atoms with Crippen molar-refractivity contribution in [1.29, 1.82) is 0 Å². The van der Waals surface area contributed by atoms with Crippen LogP contribution < -0.4 is 22.9 Å². The Morgan fingerprint density at radius 1 is 1.11 bits per heavy atom. The molecular formula is C8H20N6O4S. The Hall–Kier alpha value is -1.59. The standard InChI is InChI=1S/C8H20N6O4S/c9-7(10)13-5-3-1-2-4-6(14-8(11)12)18-19(15,16)17/h6H,1-5H2,(H4,9,10,13)(H4,11,12,14)(H,15,16,17)/t6-/m0/s1. The largest absolute Gasteiger partial charge is 0.399 e. The zero-order valence-electron chi connectivity index (χ0n) is 10.4. The van der Waals surface area contributed by atoms with E-state index < -0.39 is 16.6 Å². The summed E-state index contributed by atoms with van der Waals surface area (Å²) in [7, 11) is -4.60. The van der Waals surface area contributed by atoms with E-state index in [-0.39, 0.29) is 18.3 Å². The van der Waals surface area contributed by atoms with Crippen LogP contribution in [-0.2, 0) is 14.6 Å². The molecule has 10 nitrogen and oxygen atoms in total. The molecule has 0 aromatic heterocycles. The van der Waals surface area contributed by atoms with Gasteiger partial charge < -0.3 is 22.9 Å². The first kappa shape index (κ1) is 17.4. The molecule has 0 bridgehead atoms. The van der Waals surface area contributed by atoms with Gasteiger partial charge in [0.25, 0.3) is 0 Å². The van der Waals surface area contributed by atoms with E-state index in [1.54, 1.807) is 0 Å². The van der Waals surface area contributed by atoms with Crippen molar-refractivity contribution in [2.24, 2.45) is 32.9 Å². The summed E-state index contributed by atoms with van der Waals surface area (Å²) in [5.74, 6) is -0.303. The van der Waals surface area contributed by atoms with Gasteiger partial charge in [-0.1, -0.05) is 6.42 Å². The lowest BCUT2D eigenvalue weighted by Gasteiger charge is -2.10. The predicted molar refractivity (Wildman–Crippen MR) is 71.4 cm³/mol. The third kappa shape index (κ3) is 12.7. The lowest BCUT2D eigenvalue weighted by Crippen LogP contribution is -2.27. The number of rotatable bonds is 9. The van der Waals surface area contributed by atoms with Crippen molar-refractivity contribution in [1.82, 2.24) is 0 Å². The Morgan fingerprint density at radius 3 is 2.21 bits per heavy atom. The molecule has 0 aromatic carbocycles. The van der Waals surface area contributed by atoms with Crippen LogP contribution in [0.15, 0.2) is 9.98 Å². The second kappa shape index (κ2) is 8.50. The summed E-state index contributed by atoms with van der Waals surface area (Å²) in [6.45, 7) is 0.481. The van der Waals surface area contributed by atoms with Crippen molar-refractivity contribution in [2.45, 2.75) is 31.9 Å². The van der Waals surface area contributed by atoms with Gasteiger partial charge in [0.05, 0.1) is 0 Å². The lowest BCUT2D eigenvalue weighted by atomic mass is 10.2. The SMILES string of the molecule is NC(N)=NCCCCC[C@@H](N=C(N)N)OS(=O)(=O)O. The van der Waals surface area contributed by atoms with Crippen molar-refractivity contribution in [3.05, 3.63) is 0 Å². The van der Waals surface area contributed by atoms with Crippen molar-refractivity contribution >= 4 is 22.3 Å². The Kier molecular flexibility index (Phi) is 7.79. The lowest BCUT2D eigenvalue weighted by molar-refractivity contribution is 0.177. The van der Waals surface area contributed by atoms with Crippen LogP contribution in [0.1, 0.15) is 25.7 Å². The van der Waals surface area contributed by atoms with Crippen LogP contribution in [0.2, 0.25) is 0 Å². The van der Waals surface area contributed by atoms with Crippen molar-refractivity contribution in [3.8, 4) is 0 Å². The molecule has 0 heterocycles. The summed E-state index contributed by atoms with van der Waals surface area (Å²) in [5.41, 5.74) is 20.5. The average molecular weight is 296 g/mol. The number of guanidine groups is 2. The molecule has 9 N–H and O–H groups in total. The second-order valence-electron chi connectivity index (χ2n) is 3.69. The van der Waals surface area contributed by atoms with Crippen molar-refractivity contribution in [3.63, 3.8) is 0 Å². The van der Waals surface area contributed by atoms with Gasteiger partial charge in [-0.05, 0) is 19.3 Å². The molecule has 0 radical (unpaired) electrons. The summed E-state index contributed by atoms with van der Waals surface area (Å²) in [6.07, 6.45) is 1.12. The van der Waals surface area contributed by atoms with E-state index in [1.165, 1.54) is 0 Å². The first-order valence-corrected chi connectivity index (χ1v) is 6.87. The summed E-state index contributed by atoms with van der Waals surface area (Å²) in [6, 6.07) is 0. The van der Waals surface area contributed by atoms with Gasteiger partial charge in [-0.15, -0.1) is 0 Å². The smallest absolute Gasteiger partial charge is 0.370 e. The first-order valence-electron chi connectivity index (χ1n) is 5.50. The van der Waals surface area contributed by atoms with Crippen molar-refractivity contribution in [2.75, 3.05) is 6.54 Å². The molecule has 0 aliphatic carbocycles. The molecule has 1 atom stereocenters. The number of nitrogens with zero attached hydrogens (tertiary/aromatic N) is 2. The fourth-order valence-corrected chi connectivity index (χ4v) is 1.68. The number of hydrogen-bond acceptors (Lipinski definition) is 5. The molecule has 0 fully saturated rings. The van der Waals surface area contributed by atoms with Gasteiger partial charge in [-0.2, -0.15) is 8.42 Å². The van der Waals surface area contributed by atoms with E-state index in [0.717, 1.165) is 12.8 Å². The van der Waals surface area contributed by atoms with Gasteiger partial charge >= 0.3 is 10.4 Å². The van der Waals surface area contributed by atoms with Gasteiger partial charge in [-0.3, -0.25) is 9.55 Å². The highest BCUT2D eigenvalue weighted by Crippen LogP contribution is 2.10. The zero-order valence-corrected chi connectivity index (χ0v) is 11.2. The minimum atomic E-state index is -4.60. The maximum absolute atomic E-state index is 10.6. The minimum Gasteiger partial charge on any atom is -0.370 e. The topological polar surface area (TPSA) is 192 Å². The number of nitrogens with two attached hydrogens (primary N) is 4. The maximum atomic E-state index is 10.6. The summed E-state index contributed by atoms with van der Waals surface area (Å²) >= 11 is 0. The summed E-state index contributed by atoms with van der Waals surface area (Å²) < 4.78 is 34.0. The Balaban J connectivity index is 4.07. The van der Waals surface area contributed by atoms with E-state index >= 15 is 0 Å². The molecule has 0 aromatic rings. The summed E-state index contributed by atoms with van der Waals surface area (Å²) in [5, 5.41) is 0. The third-order valence-electron chi connectivity index (χ3n) is 1.93. The monoisotopic (exact) mass is 296 g/mol. The molecule has 0 saturated carbocycles. The van der Waals surface area contributed by atoms with Crippen molar-refractivity contribution < 1.29 is 17.2 Å². The molecule has 0 rings (SSSR count). The molecule has 0 spiro atoms. The van der Waals surface area contributed by atoms with Crippen LogP contribution in [-0.4, -0.2) is 37.7 Å². The fraction of sp³-hybridized carbons (Fsp3) is 0.750. The van der Waals surface area contributed by atoms with Crippen LogP contribution in [0.25, 0.3) is 0 Å². The molecule has 0 saturated heterocycles. The minimum absolute atomic E-state index is 0.0214. The maximum Gasteiger partial charge on any atom is 0.399 e. The van der Waals surface area contributed by atoms with E-state index in [2.05, 4.69) is 14.2 Å². The molecule has 11 heteroatoms. The van der Waals surface area contributed by atoms with Gasteiger partial charge in [0.2, 0.25) is 0 Å². The fourth-order valence-electron chi connectivity index (χ4n) is 1.26. The van der Waals surface area contributed by atoms with E-state index in [0.29, 0.717) is 13.0 Å². The van der Waals surface area contributed by atoms with E-state index in [4.69, 9.17) is 27.5 Å². The van der Waals surface area contributed by atoms with Gasteiger partial charge in [0, 0.05) is 6.54 Å². The van der Waals surface area contributed by atoms with Gasteiger partial charge in [-0.25, -0.2) is 9.18 Å². The van der Waals surface area contributed by atoms with E-state index in [1.807, 2.05) is 0 Å². The molecule has 0 unspecified atom stereocenters. The highest BCUT2D eigenvalue weighted by atomic mass is 32.3. The summed E-state index contributed by atoms with van der Waals surface area (Å²) in [4.78, 5) is 7.34. The molecule has 0 aliphatic heterocycles. The van der Waals surface area contributed by atoms with Crippen LogP contribution >= 0.6 is 0 Å². The number of unbranched alkanes of at least 4 members (excludes halogenated alkanes) is 2. The molecule has 0 aliphatic rings. The highest BCUT2D eigenvalue weighted by Gasteiger charge is 2.15. The Labute approximate surface area is 111 Å². The second-order valence-corrected chi connectivity index (χ2v) is 4.74. The van der Waals surface area contributed by atoms with Crippen LogP contribution in [0.4, 0.5) is 0 Å². The molecular weight excluding hydrogens is 276 g/mol. The van der Waals surface area contributed by atoms with Crippen LogP contribution in [0.3, 0.4) is 0 Å². The normalized spacial score (nSPS) is 12.7. The Morgan fingerprint density at radius 2 is 1.74 bits per heavy atom. The Bertz CT molecular complexity index is 413. The number of hydrogen-bond donors (Lipinski definition) is 5. The molecule has 112 valence electrons. The average Bonchev–Trinajstić information content (AvgIpc) is 2.19. The predicted octanol–water partition coefficient (Wildman–Crippen LogP) is -1.76.